The minimum absolute atomic E-state index is 0.317. The normalized spacial score (nSPS) is 12.4. The number of rotatable bonds is 20. The predicted molar refractivity (Wildman–Crippen MR) is 240 cm³/mol. The van der Waals surface area contributed by atoms with Gasteiger partial charge >= 0.3 is 0 Å². The number of hydrogen-bond acceptors (Lipinski definition) is 6. The van der Waals surface area contributed by atoms with Crippen molar-refractivity contribution in [3.8, 4) is 22.5 Å². The molecule has 0 fully saturated rings. The molecule has 6 rings (SSSR count). The van der Waals surface area contributed by atoms with Crippen LogP contribution in [0.15, 0.2) is 140 Å². The number of sulfonamides is 1. The van der Waals surface area contributed by atoms with E-state index in [0.717, 1.165) is 102 Å². The summed E-state index contributed by atoms with van der Waals surface area (Å²) in [6.07, 6.45) is 4.16. The van der Waals surface area contributed by atoms with Crippen molar-refractivity contribution in [1.82, 2.24) is 8.88 Å². The van der Waals surface area contributed by atoms with Gasteiger partial charge < -0.3 is 9.32 Å². The molecule has 6 nitrogen and oxygen atoms in total. The van der Waals surface area contributed by atoms with Gasteiger partial charge in [0.15, 0.2) is 0 Å². The number of nitrogens with zero attached hydrogens (tertiary/aromatic N) is 3. The highest BCUT2D eigenvalue weighted by Crippen LogP contribution is 2.43. The van der Waals surface area contributed by atoms with E-state index in [0.29, 0.717) is 23.5 Å². The maximum absolute atomic E-state index is 14.2. The first-order chi connectivity index (χ1) is 27.4. The van der Waals surface area contributed by atoms with Crippen LogP contribution < -0.4 is 14.8 Å². The molecule has 0 bridgehead atoms. The van der Waals surface area contributed by atoms with Gasteiger partial charge in [0, 0.05) is 94.5 Å². The molecule has 9 heteroatoms. The molecule has 0 atom stereocenters. The average molecular weight is 807 g/mol. The molecule has 0 saturated heterocycles. The third-order valence-electron chi connectivity index (χ3n) is 10.1. The largest absolute Gasteiger partial charge is 0.456 e. The first kappa shape index (κ1) is 41.6. The van der Waals surface area contributed by atoms with E-state index in [4.69, 9.17) is 4.42 Å². The zero-order chi connectivity index (χ0) is 39.3. The average Bonchev–Trinajstić information content (AvgIpc) is 3.23. The quantitative estimate of drug-likeness (QED) is 0.0331. The van der Waals surface area contributed by atoms with Crippen molar-refractivity contribution >= 4 is 50.2 Å². The summed E-state index contributed by atoms with van der Waals surface area (Å²) in [7, 11) is -3.76. The van der Waals surface area contributed by atoms with Crippen LogP contribution in [-0.2, 0) is 10.0 Å². The number of benzene rings is 5. The lowest BCUT2D eigenvalue weighted by Gasteiger charge is -2.26. The smallest absolute Gasteiger partial charge is 0.243 e. The van der Waals surface area contributed by atoms with Crippen molar-refractivity contribution < 1.29 is 12.8 Å². The summed E-state index contributed by atoms with van der Waals surface area (Å²) in [6, 6.07) is 41.6. The highest BCUT2D eigenvalue weighted by atomic mass is 32.2. The summed E-state index contributed by atoms with van der Waals surface area (Å²) in [4.78, 5) is 5.36. The Bertz CT molecular complexity index is 2310. The van der Waals surface area contributed by atoms with Crippen LogP contribution >= 0.6 is 23.5 Å². The second-order valence-corrected chi connectivity index (χ2v) is 18.2. The zero-order valence-electron chi connectivity index (χ0n) is 33.3. The van der Waals surface area contributed by atoms with E-state index in [-0.39, 0.29) is 0 Å². The van der Waals surface area contributed by atoms with E-state index in [2.05, 4.69) is 120 Å². The monoisotopic (exact) mass is 806 g/mol. The number of fused-ring (bicyclic) bond motifs is 2. The molecule has 4 aromatic rings. The Morgan fingerprint density at radius 1 is 0.643 bits per heavy atom. The van der Waals surface area contributed by atoms with Gasteiger partial charge in [0.1, 0.15) is 24.4 Å². The Kier molecular flexibility index (Phi) is 15.2. The molecule has 56 heavy (non-hydrogen) atoms. The Hall–Kier alpha value is -4.02. The van der Waals surface area contributed by atoms with Crippen molar-refractivity contribution in [3.05, 3.63) is 127 Å². The maximum atomic E-state index is 14.2. The Labute approximate surface area is 343 Å². The zero-order valence-corrected chi connectivity index (χ0v) is 35.8. The van der Waals surface area contributed by atoms with Crippen LogP contribution in [0.1, 0.15) is 53.4 Å². The van der Waals surface area contributed by atoms with Gasteiger partial charge in [-0.15, -0.1) is 23.5 Å². The van der Waals surface area contributed by atoms with Crippen LogP contribution in [0.25, 0.3) is 33.4 Å². The van der Waals surface area contributed by atoms with E-state index >= 15 is 0 Å². The standard InChI is InChI=1S/C47H56N3O3S3/c1-5-29-48(31-17-33-54-39-19-11-9-12-20-39)37-25-27-41-44(35-37)53-45-36-38(49(30-6-2)32-18-34-55-40-21-13-10-14-22-40)26-28-42(45)47(41)43-23-15-16-24-46(43)56(51,52)50(7-3)8-4/h9-16,19-28,35-36H,5-8,17-18,29-34H2,1-4H3/q+1. The van der Waals surface area contributed by atoms with Crippen molar-refractivity contribution in [2.24, 2.45) is 0 Å². The van der Waals surface area contributed by atoms with Crippen LogP contribution in [0.2, 0.25) is 0 Å². The van der Waals surface area contributed by atoms with E-state index < -0.39 is 10.0 Å². The highest BCUT2D eigenvalue weighted by molar-refractivity contribution is 7.99. The lowest BCUT2D eigenvalue weighted by Crippen LogP contribution is -2.32. The molecule has 2 aliphatic rings. The summed E-state index contributed by atoms with van der Waals surface area (Å²) in [5.41, 5.74) is 4.33. The molecule has 1 aliphatic heterocycles. The molecule has 294 valence electrons. The van der Waals surface area contributed by atoms with Gasteiger partial charge in [0.25, 0.3) is 0 Å². The molecule has 0 unspecified atom stereocenters. The Balaban J connectivity index is 1.44. The van der Waals surface area contributed by atoms with E-state index in [1.807, 2.05) is 55.6 Å². The van der Waals surface area contributed by atoms with Crippen LogP contribution in [0.4, 0.5) is 5.69 Å². The van der Waals surface area contributed by atoms with Gasteiger partial charge in [0.2, 0.25) is 15.4 Å². The van der Waals surface area contributed by atoms with Crippen LogP contribution in [0.5, 0.6) is 0 Å². The maximum Gasteiger partial charge on any atom is 0.243 e. The molecular formula is C47H56N3O3S3+. The summed E-state index contributed by atoms with van der Waals surface area (Å²) in [5.74, 6) is 2.83. The summed E-state index contributed by atoms with van der Waals surface area (Å²) >= 11 is 3.79. The molecule has 0 amide bonds. The third kappa shape index (κ3) is 10.1. The third-order valence-corrected chi connectivity index (χ3v) is 14.4. The van der Waals surface area contributed by atoms with Crippen molar-refractivity contribution in [2.45, 2.75) is 68.1 Å². The predicted octanol–water partition coefficient (Wildman–Crippen LogP) is 11.0. The van der Waals surface area contributed by atoms with Crippen LogP contribution in [0, 0.1) is 0 Å². The summed E-state index contributed by atoms with van der Waals surface area (Å²) in [6.45, 7) is 12.8. The SMILES string of the molecule is CCCN(CCCSc1ccccc1)c1ccc2c(-c3ccccc3S(=O)(=O)N(CC)CC)c3ccc(=[N+](CCC)CCCSc4ccccc4)cc-3oc2c1. The minimum Gasteiger partial charge on any atom is -0.456 e. The lowest BCUT2D eigenvalue weighted by atomic mass is 9.93. The first-order valence-electron chi connectivity index (χ1n) is 20.2. The number of thioether (sulfide) groups is 2. The lowest BCUT2D eigenvalue weighted by molar-refractivity contribution is 0.445. The van der Waals surface area contributed by atoms with Crippen LogP contribution in [0.3, 0.4) is 0 Å². The van der Waals surface area contributed by atoms with Gasteiger partial charge in [-0.05, 0) is 67.1 Å². The van der Waals surface area contributed by atoms with E-state index in [9.17, 15) is 8.42 Å². The van der Waals surface area contributed by atoms with E-state index in [1.165, 1.54) is 14.1 Å². The Morgan fingerprint density at radius 3 is 1.96 bits per heavy atom. The molecule has 4 aromatic carbocycles. The fourth-order valence-electron chi connectivity index (χ4n) is 7.36. The van der Waals surface area contributed by atoms with Crippen molar-refractivity contribution in [1.29, 1.82) is 0 Å². The number of hydrogen-bond donors (Lipinski definition) is 0. The molecule has 0 saturated carbocycles. The highest BCUT2D eigenvalue weighted by Gasteiger charge is 2.28. The molecule has 1 heterocycles. The second-order valence-electron chi connectivity index (χ2n) is 13.9. The van der Waals surface area contributed by atoms with Gasteiger partial charge in [-0.2, -0.15) is 4.31 Å². The van der Waals surface area contributed by atoms with Gasteiger partial charge in [-0.25, -0.2) is 13.0 Å². The molecule has 0 spiro atoms. The van der Waals surface area contributed by atoms with E-state index in [1.54, 1.807) is 6.07 Å². The second kappa shape index (κ2) is 20.4. The molecule has 0 N–H and O–H groups in total. The summed E-state index contributed by atoms with van der Waals surface area (Å²) < 4.78 is 39.3. The van der Waals surface area contributed by atoms with Gasteiger partial charge in [-0.3, -0.25) is 0 Å². The summed E-state index contributed by atoms with van der Waals surface area (Å²) in [5, 5.41) is 2.01. The number of anilines is 1. The molecular weight excluding hydrogens is 751 g/mol. The fourth-order valence-corrected chi connectivity index (χ4v) is 10.7. The molecule has 0 aromatic heterocycles. The van der Waals surface area contributed by atoms with Crippen LogP contribution in [-0.4, -0.2) is 63.5 Å². The van der Waals surface area contributed by atoms with Crippen molar-refractivity contribution in [2.75, 3.05) is 55.7 Å². The molecule has 0 radical (unpaired) electrons. The molecule has 1 aliphatic carbocycles. The Morgan fingerprint density at radius 2 is 1.30 bits per heavy atom. The van der Waals surface area contributed by atoms with Gasteiger partial charge in [0.05, 0.1) is 11.0 Å². The minimum atomic E-state index is -3.76. The van der Waals surface area contributed by atoms with Gasteiger partial charge in [-0.1, -0.05) is 82.3 Å². The fraction of sp³-hybridized carbons (Fsp3) is 0.340. The van der Waals surface area contributed by atoms with Crippen molar-refractivity contribution in [3.63, 3.8) is 0 Å². The first-order valence-corrected chi connectivity index (χ1v) is 23.6. The topological polar surface area (TPSA) is 56.8 Å².